The van der Waals surface area contributed by atoms with E-state index in [0.29, 0.717) is 18.1 Å². The first-order chi connectivity index (χ1) is 11.7. The zero-order chi connectivity index (χ0) is 16.8. The molecule has 8 heteroatoms. The Morgan fingerprint density at radius 3 is 3.12 bits per heavy atom. The molecule has 1 fully saturated rings. The van der Waals surface area contributed by atoms with E-state index in [1.54, 1.807) is 18.0 Å². The number of ether oxygens (including phenoxy) is 1. The van der Waals surface area contributed by atoms with Crippen molar-refractivity contribution in [2.75, 3.05) is 20.2 Å². The summed E-state index contributed by atoms with van der Waals surface area (Å²) in [6.07, 6.45) is 6.06. The lowest BCUT2D eigenvalue weighted by Crippen LogP contribution is -2.31. The number of aromatic nitrogens is 3. The molecule has 1 saturated heterocycles. The summed E-state index contributed by atoms with van der Waals surface area (Å²) in [5, 5.41) is 7.29. The van der Waals surface area contributed by atoms with Crippen molar-refractivity contribution in [3.05, 3.63) is 30.0 Å². The standard InChI is InChI=1S/C16H22N4O3S/c1-20(8-7-12-4-2-3-9-22-12)15(21)14-6-5-13(23-14)10-24-16-17-11-18-19-16/h5-6,11-12H,2-4,7-10H2,1H3,(H,17,18,19)/t12-/m0/s1. The lowest BCUT2D eigenvalue weighted by Gasteiger charge is -2.24. The minimum Gasteiger partial charge on any atom is -0.455 e. The fourth-order valence-corrected chi connectivity index (χ4v) is 3.31. The van der Waals surface area contributed by atoms with Crippen LogP contribution in [0.1, 0.15) is 42.0 Å². The zero-order valence-electron chi connectivity index (χ0n) is 13.7. The molecule has 0 saturated carbocycles. The Bertz CT molecular complexity index is 638. The van der Waals surface area contributed by atoms with Crippen LogP contribution in [0.5, 0.6) is 0 Å². The van der Waals surface area contributed by atoms with Crippen molar-refractivity contribution in [3.8, 4) is 0 Å². The summed E-state index contributed by atoms with van der Waals surface area (Å²) in [5.41, 5.74) is 0. The summed E-state index contributed by atoms with van der Waals surface area (Å²) in [7, 11) is 1.80. The Morgan fingerprint density at radius 1 is 1.46 bits per heavy atom. The van der Waals surface area contributed by atoms with Crippen molar-refractivity contribution in [1.82, 2.24) is 20.1 Å². The van der Waals surface area contributed by atoms with Crippen LogP contribution in [0.25, 0.3) is 0 Å². The van der Waals surface area contributed by atoms with Crippen LogP contribution in [0, 0.1) is 0 Å². The maximum absolute atomic E-state index is 12.4. The zero-order valence-corrected chi connectivity index (χ0v) is 14.6. The molecular formula is C16H22N4O3S. The van der Waals surface area contributed by atoms with Crippen LogP contribution in [0.4, 0.5) is 0 Å². The Balaban J connectivity index is 1.47. The van der Waals surface area contributed by atoms with Crippen molar-refractivity contribution in [3.63, 3.8) is 0 Å². The third-order valence-electron chi connectivity index (χ3n) is 4.02. The van der Waals surface area contributed by atoms with E-state index >= 15 is 0 Å². The molecule has 3 rings (SSSR count). The van der Waals surface area contributed by atoms with E-state index in [4.69, 9.17) is 9.15 Å². The first kappa shape index (κ1) is 17.0. The second-order valence-corrected chi connectivity index (χ2v) is 6.81. The molecule has 0 unspecified atom stereocenters. The average Bonchev–Trinajstić information content (AvgIpc) is 3.29. The summed E-state index contributed by atoms with van der Waals surface area (Å²) in [5.74, 6) is 1.61. The second kappa shape index (κ2) is 8.34. The van der Waals surface area contributed by atoms with Gasteiger partial charge in [0.15, 0.2) is 10.9 Å². The molecule has 1 atom stereocenters. The van der Waals surface area contributed by atoms with Crippen molar-refractivity contribution < 1.29 is 13.9 Å². The van der Waals surface area contributed by atoms with E-state index in [1.165, 1.54) is 24.5 Å². The molecule has 0 aromatic carbocycles. The molecule has 2 aromatic rings. The van der Waals surface area contributed by atoms with E-state index in [9.17, 15) is 4.79 Å². The topological polar surface area (TPSA) is 84.2 Å². The number of nitrogens with one attached hydrogen (secondary N) is 1. The van der Waals surface area contributed by atoms with Gasteiger partial charge in [0.1, 0.15) is 12.1 Å². The molecule has 24 heavy (non-hydrogen) atoms. The largest absolute Gasteiger partial charge is 0.455 e. The summed E-state index contributed by atoms with van der Waals surface area (Å²) in [6, 6.07) is 3.56. The van der Waals surface area contributed by atoms with Gasteiger partial charge in [0.05, 0.1) is 11.9 Å². The highest BCUT2D eigenvalue weighted by Gasteiger charge is 2.19. The Morgan fingerprint density at radius 2 is 2.38 bits per heavy atom. The minimum absolute atomic E-state index is 0.0956. The van der Waals surface area contributed by atoms with Crippen LogP contribution in [-0.4, -0.2) is 52.3 Å². The van der Waals surface area contributed by atoms with Crippen molar-refractivity contribution in [2.24, 2.45) is 0 Å². The number of H-pyrrole nitrogens is 1. The summed E-state index contributed by atoms with van der Waals surface area (Å²) in [6.45, 7) is 1.51. The van der Waals surface area contributed by atoms with Gasteiger partial charge in [-0.05, 0) is 37.8 Å². The quantitative estimate of drug-likeness (QED) is 0.773. The molecule has 7 nitrogen and oxygen atoms in total. The predicted molar refractivity (Wildman–Crippen MR) is 89.8 cm³/mol. The van der Waals surface area contributed by atoms with Gasteiger partial charge in [-0.2, -0.15) is 5.10 Å². The van der Waals surface area contributed by atoms with E-state index in [0.717, 1.165) is 36.8 Å². The molecule has 0 bridgehead atoms. The van der Waals surface area contributed by atoms with Gasteiger partial charge >= 0.3 is 0 Å². The lowest BCUT2D eigenvalue weighted by atomic mass is 10.1. The number of carbonyl (C=O) groups excluding carboxylic acids is 1. The van der Waals surface area contributed by atoms with Gasteiger partial charge in [0.2, 0.25) is 0 Å². The summed E-state index contributed by atoms with van der Waals surface area (Å²) < 4.78 is 11.4. The molecule has 3 heterocycles. The molecule has 1 aliphatic heterocycles. The van der Waals surface area contributed by atoms with Crippen LogP contribution in [0.2, 0.25) is 0 Å². The molecule has 0 aliphatic carbocycles. The number of rotatable bonds is 7. The van der Waals surface area contributed by atoms with Gasteiger partial charge in [-0.25, -0.2) is 4.98 Å². The third-order valence-corrected chi connectivity index (χ3v) is 4.92. The maximum Gasteiger partial charge on any atom is 0.289 e. The SMILES string of the molecule is CN(CC[C@@H]1CCCCO1)C(=O)c1ccc(CSc2ncn[nH]2)o1. The van der Waals surface area contributed by atoms with Gasteiger partial charge in [-0.3, -0.25) is 9.89 Å². The number of amides is 1. The van der Waals surface area contributed by atoms with E-state index in [2.05, 4.69) is 15.2 Å². The molecule has 0 spiro atoms. The molecule has 1 amide bonds. The number of hydrogen-bond acceptors (Lipinski definition) is 6. The second-order valence-electron chi connectivity index (χ2n) is 5.85. The highest BCUT2D eigenvalue weighted by atomic mass is 32.2. The first-order valence-electron chi connectivity index (χ1n) is 8.16. The first-order valence-corrected chi connectivity index (χ1v) is 9.15. The number of furan rings is 1. The van der Waals surface area contributed by atoms with Gasteiger partial charge < -0.3 is 14.1 Å². The number of thioether (sulfide) groups is 1. The smallest absolute Gasteiger partial charge is 0.289 e. The fourth-order valence-electron chi connectivity index (χ4n) is 2.64. The molecule has 1 N–H and O–H groups in total. The van der Waals surface area contributed by atoms with Crippen LogP contribution in [0.3, 0.4) is 0 Å². The average molecular weight is 350 g/mol. The Labute approximate surface area is 145 Å². The van der Waals surface area contributed by atoms with Crippen molar-refractivity contribution >= 4 is 17.7 Å². The van der Waals surface area contributed by atoms with Crippen molar-refractivity contribution in [2.45, 2.75) is 42.7 Å². The van der Waals surface area contributed by atoms with Crippen molar-refractivity contribution in [1.29, 1.82) is 0 Å². The van der Waals surface area contributed by atoms with E-state index < -0.39 is 0 Å². The number of hydrogen-bond donors (Lipinski definition) is 1. The minimum atomic E-state index is -0.0956. The molecule has 1 aliphatic rings. The fraction of sp³-hybridized carbons (Fsp3) is 0.562. The monoisotopic (exact) mass is 350 g/mol. The van der Waals surface area contributed by atoms with Gasteiger partial charge in [-0.1, -0.05) is 11.8 Å². The summed E-state index contributed by atoms with van der Waals surface area (Å²) >= 11 is 1.48. The predicted octanol–water partition coefficient (Wildman–Crippen LogP) is 2.72. The highest BCUT2D eigenvalue weighted by Crippen LogP contribution is 2.21. The number of aromatic amines is 1. The number of carbonyl (C=O) groups is 1. The number of nitrogens with zero attached hydrogens (tertiary/aromatic N) is 3. The molecule has 130 valence electrons. The van der Waals surface area contributed by atoms with Gasteiger partial charge in [0, 0.05) is 20.2 Å². The van der Waals surface area contributed by atoms with E-state index in [-0.39, 0.29) is 12.0 Å². The van der Waals surface area contributed by atoms with Crippen LogP contribution >= 0.6 is 11.8 Å². The molecule has 2 aromatic heterocycles. The Hall–Kier alpha value is -1.80. The maximum atomic E-state index is 12.4. The van der Waals surface area contributed by atoms with Crippen LogP contribution in [0.15, 0.2) is 28.0 Å². The highest BCUT2D eigenvalue weighted by molar-refractivity contribution is 7.98. The van der Waals surface area contributed by atoms with Crippen LogP contribution < -0.4 is 0 Å². The third kappa shape index (κ3) is 4.61. The molecule has 0 radical (unpaired) electrons. The Kier molecular flexibility index (Phi) is 5.92. The normalized spacial score (nSPS) is 17.8. The van der Waals surface area contributed by atoms with Gasteiger partial charge in [0.25, 0.3) is 5.91 Å². The van der Waals surface area contributed by atoms with E-state index in [1.807, 2.05) is 6.07 Å². The van der Waals surface area contributed by atoms with Gasteiger partial charge in [-0.15, -0.1) is 0 Å². The summed E-state index contributed by atoms with van der Waals surface area (Å²) in [4.78, 5) is 18.2. The molecular weight excluding hydrogens is 328 g/mol. The lowest BCUT2D eigenvalue weighted by molar-refractivity contribution is 0.00690. The van der Waals surface area contributed by atoms with Crippen LogP contribution in [-0.2, 0) is 10.5 Å².